The van der Waals surface area contributed by atoms with Gasteiger partial charge in [-0.25, -0.2) is 4.79 Å². The van der Waals surface area contributed by atoms with Crippen LogP contribution in [0.3, 0.4) is 0 Å². The molecule has 162 valence electrons. The molecule has 0 aliphatic carbocycles. The SMILES string of the molecule is CC(C)(C)OC(=O)N1CCN(c2ccnc3cc(Cl)c(-c4ccccc4Cl)cc23)CC1. The van der Waals surface area contributed by atoms with Crippen molar-refractivity contribution < 1.29 is 9.53 Å². The van der Waals surface area contributed by atoms with Crippen LogP contribution in [-0.4, -0.2) is 47.8 Å². The molecule has 31 heavy (non-hydrogen) atoms. The first-order valence-corrected chi connectivity index (χ1v) is 11.0. The fourth-order valence-corrected chi connectivity index (χ4v) is 4.27. The van der Waals surface area contributed by atoms with Crippen molar-refractivity contribution in [1.82, 2.24) is 9.88 Å². The molecule has 2 aromatic carbocycles. The molecule has 1 aromatic heterocycles. The zero-order valence-corrected chi connectivity index (χ0v) is 19.4. The number of pyridine rings is 1. The highest BCUT2D eigenvalue weighted by Gasteiger charge is 2.26. The molecule has 2 heterocycles. The Morgan fingerprint density at radius 3 is 2.35 bits per heavy atom. The van der Waals surface area contributed by atoms with E-state index in [-0.39, 0.29) is 6.09 Å². The summed E-state index contributed by atoms with van der Waals surface area (Å²) in [6, 6.07) is 13.6. The second-order valence-electron chi connectivity index (χ2n) is 8.61. The number of nitrogens with zero attached hydrogens (tertiary/aromatic N) is 3. The Morgan fingerprint density at radius 1 is 0.968 bits per heavy atom. The minimum atomic E-state index is -0.496. The third-order valence-electron chi connectivity index (χ3n) is 5.24. The number of hydrogen-bond acceptors (Lipinski definition) is 4. The molecule has 0 bridgehead atoms. The van der Waals surface area contributed by atoms with Crippen molar-refractivity contribution in [2.45, 2.75) is 26.4 Å². The topological polar surface area (TPSA) is 45.7 Å². The first-order valence-electron chi connectivity index (χ1n) is 10.3. The van der Waals surface area contributed by atoms with Crippen LogP contribution in [-0.2, 0) is 4.74 Å². The molecule has 1 aliphatic heterocycles. The monoisotopic (exact) mass is 457 g/mol. The predicted octanol–water partition coefficient (Wildman–Crippen LogP) is 6.27. The van der Waals surface area contributed by atoms with Crippen LogP contribution in [0.25, 0.3) is 22.0 Å². The molecule has 5 nitrogen and oxygen atoms in total. The maximum absolute atomic E-state index is 12.4. The van der Waals surface area contributed by atoms with Gasteiger partial charge in [-0.15, -0.1) is 0 Å². The first-order chi connectivity index (χ1) is 14.7. The summed E-state index contributed by atoms with van der Waals surface area (Å²) in [5, 5.41) is 2.27. The molecular formula is C24H25Cl2N3O2. The number of halogens is 2. The molecule has 1 amide bonds. The first kappa shape index (κ1) is 21.7. The van der Waals surface area contributed by atoms with Gasteiger partial charge in [-0.3, -0.25) is 4.98 Å². The number of piperazine rings is 1. The third-order valence-corrected chi connectivity index (χ3v) is 5.89. The van der Waals surface area contributed by atoms with Gasteiger partial charge in [-0.1, -0.05) is 41.4 Å². The van der Waals surface area contributed by atoms with E-state index in [2.05, 4.69) is 16.0 Å². The molecule has 1 saturated heterocycles. The Balaban J connectivity index is 1.63. The summed E-state index contributed by atoms with van der Waals surface area (Å²) in [6.45, 7) is 8.27. The van der Waals surface area contributed by atoms with Gasteiger partial charge in [0, 0.05) is 59.6 Å². The normalized spacial score (nSPS) is 14.7. The highest BCUT2D eigenvalue weighted by Crippen LogP contribution is 2.38. The quantitative estimate of drug-likeness (QED) is 0.454. The summed E-state index contributed by atoms with van der Waals surface area (Å²) in [7, 11) is 0. The van der Waals surface area contributed by atoms with Crippen LogP contribution in [0.15, 0.2) is 48.7 Å². The maximum Gasteiger partial charge on any atom is 0.410 e. The zero-order valence-electron chi connectivity index (χ0n) is 17.9. The van der Waals surface area contributed by atoms with Crippen molar-refractivity contribution in [1.29, 1.82) is 0 Å². The second-order valence-corrected chi connectivity index (χ2v) is 9.43. The van der Waals surface area contributed by atoms with Gasteiger partial charge in [-0.2, -0.15) is 0 Å². The van der Waals surface area contributed by atoms with Crippen molar-refractivity contribution in [3.63, 3.8) is 0 Å². The molecule has 0 atom stereocenters. The number of hydrogen-bond donors (Lipinski definition) is 0. The molecule has 0 radical (unpaired) electrons. The summed E-state index contributed by atoms with van der Waals surface area (Å²) in [4.78, 5) is 20.9. The lowest BCUT2D eigenvalue weighted by molar-refractivity contribution is 0.0240. The van der Waals surface area contributed by atoms with Crippen LogP contribution in [0.2, 0.25) is 10.0 Å². The van der Waals surface area contributed by atoms with Crippen molar-refractivity contribution >= 4 is 45.9 Å². The molecule has 1 fully saturated rings. The summed E-state index contributed by atoms with van der Waals surface area (Å²) < 4.78 is 5.51. The van der Waals surface area contributed by atoms with Crippen LogP contribution in [0.4, 0.5) is 10.5 Å². The molecule has 4 rings (SSSR count). The summed E-state index contributed by atoms with van der Waals surface area (Å²) >= 11 is 13.0. The average Bonchev–Trinajstić information content (AvgIpc) is 2.72. The minimum absolute atomic E-state index is 0.264. The lowest BCUT2D eigenvalue weighted by Crippen LogP contribution is -2.50. The summed E-state index contributed by atoms with van der Waals surface area (Å²) in [6.07, 6.45) is 1.53. The number of carbonyl (C=O) groups excluding carboxylic acids is 1. The number of anilines is 1. The number of amides is 1. The molecule has 0 N–H and O–H groups in total. The van der Waals surface area contributed by atoms with Gasteiger partial charge in [-0.05, 0) is 45.0 Å². The van der Waals surface area contributed by atoms with E-state index in [0.717, 1.165) is 27.7 Å². The van der Waals surface area contributed by atoms with E-state index in [4.69, 9.17) is 27.9 Å². The highest BCUT2D eigenvalue weighted by atomic mass is 35.5. The zero-order chi connectivity index (χ0) is 22.2. The summed E-state index contributed by atoms with van der Waals surface area (Å²) in [5.74, 6) is 0. The third kappa shape index (κ3) is 4.73. The van der Waals surface area contributed by atoms with Gasteiger partial charge in [0.1, 0.15) is 5.60 Å². The van der Waals surface area contributed by atoms with Crippen LogP contribution in [0.1, 0.15) is 20.8 Å². The molecule has 0 unspecified atom stereocenters. The predicted molar refractivity (Wildman–Crippen MR) is 127 cm³/mol. The van der Waals surface area contributed by atoms with E-state index >= 15 is 0 Å². The van der Waals surface area contributed by atoms with Crippen molar-refractivity contribution in [2.24, 2.45) is 0 Å². The van der Waals surface area contributed by atoms with E-state index in [9.17, 15) is 4.79 Å². The van der Waals surface area contributed by atoms with Gasteiger partial charge >= 0.3 is 6.09 Å². The number of carbonyl (C=O) groups is 1. The van der Waals surface area contributed by atoms with Crippen LogP contribution >= 0.6 is 23.2 Å². The lowest BCUT2D eigenvalue weighted by atomic mass is 10.0. The average molecular weight is 458 g/mol. The minimum Gasteiger partial charge on any atom is -0.444 e. The van der Waals surface area contributed by atoms with E-state index in [0.29, 0.717) is 36.2 Å². The Bertz CT molecular complexity index is 1120. The Kier molecular flexibility index (Phi) is 6.00. The molecular weight excluding hydrogens is 433 g/mol. The fraction of sp³-hybridized carbons (Fsp3) is 0.333. The van der Waals surface area contributed by atoms with E-state index in [1.807, 2.05) is 57.2 Å². The largest absolute Gasteiger partial charge is 0.444 e. The Morgan fingerprint density at radius 2 is 1.68 bits per heavy atom. The number of benzene rings is 2. The Hall–Kier alpha value is -2.50. The van der Waals surface area contributed by atoms with E-state index < -0.39 is 5.60 Å². The molecule has 7 heteroatoms. The van der Waals surface area contributed by atoms with Crippen molar-refractivity contribution in [3.05, 3.63) is 58.7 Å². The van der Waals surface area contributed by atoms with Gasteiger partial charge in [0.2, 0.25) is 0 Å². The van der Waals surface area contributed by atoms with Gasteiger partial charge in [0.15, 0.2) is 0 Å². The van der Waals surface area contributed by atoms with Gasteiger partial charge in [0.25, 0.3) is 0 Å². The molecule has 0 saturated carbocycles. The highest BCUT2D eigenvalue weighted by molar-refractivity contribution is 6.37. The molecule has 1 aliphatic rings. The van der Waals surface area contributed by atoms with E-state index in [1.165, 1.54) is 0 Å². The number of rotatable bonds is 2. The number of ether oxygens (including phenoxy) is 1. The molecule has 3 aromatic rings. The summed E-state index contributed by atoms with van der Waals surface area (Å²) in [5.41, 5.74) is 3.16. The van der Waals surface area contributed by atoms with Crippen LogP contribution in [0.5, 0.6) is 0 Å². The van der Waals surface area contributed by atoms with Crippen LogP contribution in [0, 0.1) is 0 Å². The van der Waals surface area contributed by atoms with E-state index in [1.54, 1.807) is 11.1 Å². The number of aromatic nitrogens is 1. The maximum atomic E-state index is 12.4. The van der Waals surface area contributed by atoms with Gasteiger partial charge < -0.3 is 14.5 Å². The van der Waals surface area contributed by atoms with Crippen molar-refractivity contribution in [2.75, 3.05) is 31.1 Å². The number of fused-ring (bicyclic) bond motifs is 1. The second kappa shape index (κ2) is 8.56. The fourth-order valence-electron chi connectivity index (χ4n) is 3.77. The van der Waals surface area contributed by atoms with Crippen molar-refractivity contribution in [3.8, 4) is 11.1 Å². The van der Waals surface area contributed by atoms with Crippen LogP contribution < -0.4 is 4.90 Å². The molecule has 0 spiro atoms. The Labute approximate surface area is 192 Å². The lowest BCUT2D eigenvalue weighted by Gasteiger charge is -2.37. The standard InChI is InChI=1S/C24H25Cl2N3O2/c1-24(2,3)31-23(30)29-12-10-28(11-13-29)22-8-9-27-21-15-20(26)17(14-18(21)22)16-6-4-5-7-19(16)25/h4-9,14-15H,10-13H2,1-3H3. The van der Waals surface area contributed by atoms with Gasteiger partial charge in [0.05, 0.1) is 10.5 Å². The smallest absolute Gasteiger partial charge is 0.410 e.